The van der Waals surface area contributed by atoms with Crippen LogP contribution in [-0.2, 0) is 9.53 Å². The summed E-state index contributed by atoms with van der Waals surface area (Å²) in [6, 6.07) is 0. The standard InChI is InChI=1S/C7H14O2S/c1-2-3-5-9-7(8)4-6-10/h10H,2-6H2,1H3. The van der Waals surface area contributed by atoms with E-state index in [9.17, 15) is 4.79 Å². The molecule has 0 aromatic rings. The average Bonchev–Trinajstić information content (AvgIpc) is 1.89. The Hall–Kier alpha value is -0.180. The summed E-state index contributed by atoms with van der Waals surface area (Å²) in [6.07, 6.45) is 2.44. The number of thiol groups is 1. The zero-order chi connectivity index (χ0) is 7.82. The van der Waals surface area contributed by atoms with E-state index in [1.165, 1.54) is 0 Å². The van der Waals surface area contributed by atoms with E-state index in [1.54, 1.807) is 0 Å². The number of carbonyl (C=O) groups is 1. The van der Waals surface area contributed by atoms with Crippen LogP contribution in [-0.4, -0.2) is 18.3 Å². The highest BCUT2D eigenvalue weighted by Gasteiger charge is 1.98. The maximum atomic E-state index is 10.6. The van der Waals surface area contributed by atoms with Crippen LogP contribution in [0, 0.1) is 0 Å². The van der Waals surface area contributed by atoms with Gasteiger partial charge in [-0.1, -0.05) is 13.3 Å². The maximum Gasteiger partial charge on any atom is 0.306 e. The van der Waals surface area contributed by atoms with Gasteiger partial charge in [-0.3, -0.25) is 4.79 Å². The smallest absolute Gasteiger partial charge is 0.306 e. The van der Waals surface area contributed by atoms with Crippen LogP contribution in [0.5, 0.6) is 0 Å². The second-order valence-corrected chi connectivity index (χ2v) is 2.49. The van der Waals surface area contributed by atoms with E-state index in [2.05, 4.69) is 19.6 Å². The Kier molecular flexibility index (Phi) is 6.81. The van der Waals surface area contributed by atoms with E-state index in [4.69, 9.17) is 4.74 Å². The molecule has 0 bridgehead atoms. The molecule has 0 aromatic heterocycles. The lowest BCUT2D eigenvalue weighted by molar-refractivity contribution is -0.143. The van der Waals surface area contributed by atoms with Gasteiger partial charge < -0.3 is 4.74 Å². The molecule has 0 rings (SSSR count). The number of hydrogen-bond donors (Lipinski definition) is 1. The Bertz CT molecular complexity index is 93.6. The van der Waals surface area contributed by atoms with Crippen LogP contribution in [0.2, 0.25) is 0 Å². The molecule has 0 radical (unpaired) electrons. The minimum absolute atomic E-state index is 0.136. The highest BCUT2D eigenvalue weighted by molar-refractivity contribution is 7.80. The zero-order valence-corrected chi connectivity index (χ0v) is 7.19. The van der Waals surface area contributed by atoms with Crippen LogP contribution < -0.4 is 0 Å². The Balaban J connectivity index is 3.05. The second kappa shape index (κ2) is 6.93. The van der Waals surface area contributed by atoms with Crippen LogP contribution in [0.3, 0.4) is 0 Å². The number of ether oxygens (including phenoxy) is 1. The number of esters is 1. The largest absolute Gasteiger partial charge is 0.466 e. The van der Waals surface area contributed by atoms with Crippen molar-refractivity contribution in [2.24, 2.45) is 0 Å². The predicted octanol–water partition coefficient (Wildman–Crippen LogP) is 1.65. The van der Waals surface area contributed by atoms with E-state index in [0.717, 1.165) is 12.8 Å². The quantitative estimate of drug-likeness (QED) is 0.378. The van der Waals surface area contributed by atoms with Crippen molar-refractivity contribution < 1.29 is 9.53 Å². The molecule has 0 heterocycles. The molecular weight excluding hydrogens is 148 g/mol. The summed E-state index contributed by atoms with van der Waals surface area (Å²) in [5, 5.41) is 0. The van der Waals surface area contributed by atoms with Crippen molar-refractivity contribution in [2.75, 3.05) is 12.4 Å². The molecule has 2 nitrogen and oxygen atoms in total. The molecule has 0 aliphatic rings. The summed E-state index contributed by atoms with van der Waals surface area (Å²) in [5.41, 5.74) is 0. The lowest BCUT2D eigenvalue weighted by Crippen LogP contribution is -2.05. The third-order valence-electron chi connectivity index (χ3n) is 1.08. The summed E-state index contributed by atoms with van der Waals surface area (Å²) in [6.45, 7) is 2.62. The first-order valence-corrected chi connectivity index (χ1v) is 4.21. The summed E-state index contributed by atoms with van der Waals surface area (Å²) < 4.78 is 4.84. The zero-order valence-electron chi connectivity index (χ0n) is 6.30. The highest BCUT2D eigenvalue weighted by Crippen LogP contribution is 1.92. The fourth-order valence-corrected chi connectivity index (χ4v) is 0.676. The van der Waals surface area contributed by atoms with E-state index in [0.29, 0.717) is 18.8 Å². The van der Waals surface area contributed by atoms with Crippen molar-refractivity contribution >= 4 is 18.6 Å². The van der Waals surface area contributed by atoms with Gasteiger partial charge in [0.25, 0.3) is 0 Å². The molecule has 0 amide bonds. The highest BCUT2D eigenvalue weighted by atomic mass is 32.1. The maximum absolute atomic E-state index is 10.6. The molecule has 0 spiro atoms. The molecule has 0 aliphatic heterocycles. The van der Waals surface area contributed by atoms with Gasteiger partial charge in [0.05, 0.1) is 13.0 Å². The van der Waals surface area contributed by atoms with E-state index in [-0.39, 0.29) is 5.97 Å². The first kappa shape index (κ1) is 9.82. The minimum atomic E-state index is -0.136. The molecule has 0 saturated heterocycles. The molecule has 0 aliphatic carbocycles. The fourth-order valence-electron chi connectivity index (χ4n) is 0.494. The molecule has 0 aromatic carbocycles. The molecule has 0 atom stereocenters. The van der Waals surface area contributed by atoms with E-state index in [1.807, 2.05) is 0 Å². The molecule has 10 heavy (non-hydrogen) atoms. The molecule has 0 saturated carbocycles. The van der Waals surface area contributed by atoms with Crippen molar-refractivity contribution in [3.05, 3.63) is 0 Å². The van der Waals surface area contributed by atoms with Crippen LogP contribution in [0.15, 0.2) is 0 Å². The summed E-state index contributed by atoms with van der Waals surface area (Å²) in [5.74, 6) is 0.439. The van der Waals surface area contributed by atoms with Gasteiger partial charge in [-0.25, -0.2) is 0 Å². The van der Waals surface area contributed by atoms with E-state index >= 15 is 0 Å². The lowest BCUT2D eigenvalue weighted by atomic mass is 10.4. The second-order valence-electron chi connectivity index (χ2n) is 2.05. The number of hydrogen-bond acceptors (Lipinski definition) is 3. The van der Waals surface area contributed by atoms with Gasteiger partial charge in [0.2, 0.25) is 0 Å². The third-order valence-corrected chi connectivity index (χ3v) is 1.30. The SMILES string of the molecule is CCCCOC(=O)CCS. The number of carbonyl (C=O) groups excluding carboxylic acids is 1. The van der Waals surface area contributed by atoms with Crippen LogP contribution >= 0.6 is 12.6 Å². The first-order valence-electron chi connectivity index (χ1n) is 3.57. The van der Waals surface area contributed by atoms with Gasteiger partial charge in [-0.05, 0) is 6.42 Å². The summed E-state index contributed by atoms with van der Waals surface area (Å²) >= 11 is 3.90. The predicted molar refractivity (Wildman–Crippen MR) is 44.3 cm³/mol. The van der Waals surface area contributed by atoms with Crippen molar-refractivity contribution in [3.8, 4) is 0 Å². The summed E-state index contributed by atoms with van der Waals surface area (Å²) in [7, 11) is 0. The average molecular weight is 162 g/mol. The van der Waals surface area contributed by atoms with Crippen molar-refractivity contribution in [3.63, 3.8) is 0 Å². The molecule has 0 fully saturated rings. The topological polar surface area (TPSA) is 26.3 Å². The lowest BCUT2D eigenvalue weighted by Gasteiger charge is -2.00. The molecular formula is C7H14O2S. The van der Waals surface area contributed by atoms with Crippen LogP contribution in [0.25, 0.3) is 0 Å². The van der Waals surface area contributed by atoms with Crippen molar-refractivity contribution in [1.29, 1.82) is 0 Å². The Morgan fingerprint density at radius 3 is 2.80 bits per heavy atom. The van der Waals surface area contributed by atoms with Gasteiger partial charge in [0.15, 0.2) is 0 Å². The normalized spacial score (nSPS) is 9.40. The Morgan fingerprint density at radius 1 is 1.60 bits per heavy atom. The monoisotopic (exact) mass is 162 g/mol. The van der Waals surface area contributed by atoms with Crippen molar-refractivity contribution in [2.45, 2.75) is 26.2 Å². The van der Waals surface area contributed by atoms with Gasteiger partial charge >= 0.3 is 5.97 Å². The minimum Gasteiger partial charge on any atom is -0.466 e. The number of rotatable bonds is 5. The van der Waals surface area contributed by atoms with Gasteiger partial charge in [-0.2, -0.15) is 12.6 Å². The molecule has 3 heteroatoms. The van der Waals surface area contributed by atoms with Gasteiger partial charge in [0, 0.05) is 5.75 Å². The molecule has 0 N–H and O–H groups in total. The molecule has 0 unspecified atom stereocenters. The van der Waals surface area contributed by atoms with Gasteiger partial charge in [-0.15, -0.1) is 0 Å². The Morgan fingerprint density at radius 2 is 2.30 bits per heavy atom. The fraction of sp³-hybridized carbons (Fsp3) is 0.857. The number of unbranched alkanes of at least 4 members (excludes halogenated alkanes) is 1. The first-order chi connectivity index (χ1) is 4.81. The van der Waals surface area contributed by atoms with Crippen molar-refractivity contribution in [1.82, 2.24) is 0 Å². The van der Waals surface area contributed by atoms with Gasteiger partial charge in [0.1, 0.15) is 0 Å². The molecule has 60 valence electrons. The van der Waals surface area contributed by atoms with Crippen LogP contribution in [0.1, 0.15) is 26.2 Å². The van der Waals surface area contributed by atoms with Crippen LogP contribution in [0.4, 0.5) is 0 Å². The van der Waals surface area contributed by atoms with E-state index < -0.39 is 0 Å². The Labute approximate surface area is 67.4 Å². The third kappa shape index (κ3) is 5.95. The summed E-state index contributed by atoms with van der Waals surface area (Å²) in [4.78, 5) is 10.6.